The van der Waals surface area contributed by atoms with Gasteiger partial charge in [0.25, 0.3) is 0 Å². The van der Waals surface area contributed by atoms with Crippen LogP contribution >= 0.6 is 0 Å². The molecule has 1 N–H and O–H groups in total. The van der Waals surface area contributed by atoms with E-state index in [4.69, 9.17) is 0 Å². The van der Waals surface area contributed by atoms with Gasteiger partial charge in [0.2, 0.25) is 0 Å². The minimum atomic E-state index is -0.512. The lowest BCUT2D eigenvalue weighted by Crippen LogP contribution is -2.47. The van der Waals surface area contributed by atoms with Crippen LogP contribution in [0.15, 0.2) is 0 Å². The third kappa shape index (κ3) is 4.99. The van der Waals surface area contributed by atoms with Gasteiger partial charge in [0.15, 0.2) is 0 Å². The van der Waals surface area contributed by atoms with Crippen LogP contribution in [-0.4, -0.2) is 10.7 Å². The second kappa shape index (κ2) is 9.20. The van der Waals surface area contributed by atoms with Crippen LogP contribution < -0.4 is 0 Å². The van der Waals surface area contributed by atoms with Crippen molar-refractivity contribution >= 4 is 0 Å². The minimum absolute atomic E-state index is 0.488. The van der Waals surface area contributed by atoms with Crippen LogP contribution in [0.3, 0.4) is 0 Å². The molecule has 0 heterocycles. The molecule has 1 heteroatoms. The van der Waals surface area contributed by atoms with Crippen molar-refractivity contribution in [2.24, 2.45) is 45.3 Å². The molecule has 0 bridgehead atoms. The molecule has 0 aromatic heterocycles. The lowest BCUT2D eigenvalue weighted by Gasteiger charge is -2.56. The van der Waals surface area contributed by atoms with Gasteiger partial charge in [0.1, 0.15) is 0 Å². The van der Waals surface area contributed by atoms with Crippen LogP contribution in [0.25, 0.3) is 0 Å². The first-order chi connectivity index (χ1) is 14.6. The summed E-state index contributed by atoms with van der Waals surface area (Å²) in [6.07, 6.45) is 17.8. The van der Waals surface area contributed by atoms with Gasteiger partial charge in [-0.3, -0.25) is 0 Å². The molecule has 0 saturated heterocycles. The summed E-state index contributed by atoms with van der Waals surface area (Å²) in [4.78, 5) is 0. The van der Waals surface area contributed by atoms with Gasteiger partial charge in [-0.1, -0.05) is 74.1 Å². The largest absolute Gasteiger partial charge is 0.390 e. The predicted octanol–water partition coefficient (Wildman–Crippen LogP) is 9.42. The molecule has 0 unspecified atom stereocenters. The Morgan fingerprint density at radius 2 is 1.56 bits per heavy atom. The molecule has 7 atom stereocenters. The fourth-order valence-electron chi connectivity index (χ4n) is 9.30. The number of aliphatic hydroxyl groups is 1. The van der Waals surface area contributed by atoms with Crippen LogP contribution in [0.4, 0.5) is 0 Å². The fourth-order valence-corrected chi connectivity index (χ4v) is 9.30. The molecule has 3 saturated carbocycles. The van der Waals surface area contributed by atoms with E-state index in [9.17, 15) is 5.11 Å². The van der Waals surface area contributed by atoms with E-state index in [1.807, 2.05) is 13.8 Å². The van der Waals surface area contributed by atoms with Crippen molar-refractivity contribution in [3.63, 3.8) is 0 Å². The molecule has 0 aliphatic heterocycles. The summed E-state index contributed by atoms with van der Waals surface area (Å²) in [5.41, 5.74) is 1.53. The third-order valence-electron chi connectivity index (χ3n) is 12.2. The predicted molar refractivity (Wildman–Crippen MR) is 140 cm³/mol. The van der Waals surface area contributed by atoms with Crippen LogP contribution in [0.1, 0.15) is 146 Å². The first-order valence-electron chi connectivity index (χ1n) is 14.4. The molecule has 32 heavy (non-hydrogen) atoms. The average molecular weight is 447 g/mol. The maximum Gasteiger partial charge on any atom is 0.0591 e. The Labute approximate surface area is 201 Å². The number of hydrogen-bond donors (Lipinski definition) is 1. The lowest BCUT2D eigenvalue weighted by atomic mass is 9.49. The Kier molecular flexibility index (Phi) is 7.64. The molecule has 188 valence electrons. The Morgan fingerprint density at radius 1 is 0.875 bits per heavy atom. The Morgan fingerprint density at radius 3 is 2.22 bits per heavy atom. The average Bonchev–Trinajstić information content (AvgIpc) is 2.92. The molecule has 0 aromatic carbocycles. The molecule has 3 aliphatic rings. The maximum atomic E-state index is 10.2. The van der Waals surface area contributed by atoms with E-state index in [2.05, 4.69) is 48.5 Å². The van der Waals surface area contributed by atoms with Crippen LogP contribution in [0.2, 0.25) is 0 Å². The monoisotopic (exact) mass is 446 g/mol. The molecule has 0 radical (unpaired) electrons. The van der Waals surface area contributed by atoms with Crippen molar-refractivity contribution in [3.8, 4) is 0 Å². The van der Waals surface area contributed by atoms with Crippen molar-refractivity contribution in [3.05, 3.63) is 0 Å². The topological polar surface area (TPSA) is 20.2 Å². The first kappa shape index (κ1) is 26.6. The summed E-state index contributed by atoms with van der Waals surface area (Å²) in [5, 5.41) is 10.2. The van der Waals surface area contributed by atoms with Gasteiger partial charge in [0.05, 0.1) is 5.60 Å². The van der Waals surface area contributed by atoms with Crippen molar-refractivity contribution in [2.45, 2.75) is 151 Å². The zero-order valence-electron chi connectivity index (χ0n) is 23.4. The quantitative estimate of drug-likeness (QED) is 0.446. The van der Waals surface area contributed by atoms with Crippen LogP contribution in [0, 0.1) is 45.3 Å². The van der Waals surface area contributed by atoms with Gasteiger partial charge in [-0.15, -0.1) is 0 Å². The highest BCUT2D eigenvalue weighted by molar-refractivity contribution is 5.06. The van der Waals surface area contributed by atoms with Crippen molar-refractivity contribution in [2.75, 3.05) is 0 Å². The summed E-state index contributed by atoms with van der Waals surface area (Å²) in [6, 6.07) is 0. The molecule has 3 aliphatic carbocycles. The van der Waals surface area contributed by atoms with E-state index < -0.39 is 5.60 Å². The second-order valence-electron chi connectivity index (χ2n) is 15.0. The van der Waals surface area contributed by atoms with E-state index >= 15 is 0 Å². The van der Waals surface area contributed by atoms with Gasteiger partial charge in [-0.25, -0.2) is 0 Å². The van der Waals surface area contributed by atoms with Gasteiger partial charge in [-0.2, -0.15) is 0 Å². The van der Waals surface area contributed by atoms with Crippen LogP contribution in [-0.2, 0) is 0 Å². The van der Waals surface area contributed by atoms with Crippen LogP contribution in [0.5, 0.6) is 0 Å². The number of hydrogen-bond acceptors (Lipinski definition) is 1. The SMILES string of the molecule is C[C@H](CCCC(C)(C)O)[C@H]1CC[C@@]2(C)CCC[C@H]3C(C)(C)[C@@H](C)CC[C@]3(C)CCC[C@]12C. The molecular formula is C31H58O. The zero-order chi connectivity index (χ0) is 24.0. The van der Waals surface area contributed by atoms with Crippen molar-refractivity contribution < 1.29 is 5.11 Å². The summed E-state index contributed by atoms with van der Waals surface area (Å²) in [5.74, 6) is 3.40. The van der Waals surface area contributed by atoms with Gasteiger partial charge in [-0.05, 0) is 117 Å². The fraction of sp³-hybridized carbons (Fsp3) is 1.00. The smallest absolute Gasteiger partial charge is 0.0591 e. The zero-order valence-corrected chi connectivity index (χ0v) is 23.4. The van der Waals surface area contributed by atoms with E-state index in [1.165, 1.54) is 77.0 Å². The normalized spacial score (nSPS) is 43.9. The molecule has 3 fully saturated rings. The highest BCUT2D eigenvalue weighted by atomic mass is 16.3. The maximum absolute atomic E-state index is 10.2. The minimum Gasteiger partial charge on any atom is -0.390 e. The summed E-state index contributed by atoms with van der Waals surface area (Å²) in [6.45, 7) is 22.2. The Hall–Kier alpha value is -0.0400. The van der Waals surface area contributed by atoms with Gasteiger partial charge >= 0.3 is 0 Å². The molecule has 0 spiro atoms. The molecule has 0 amide bonds. The molecular weight excluding hydrogens is 388 g/mol. The third-order valence-corrected chi connectivity index (χ3v) is 12.2. The van der Waals surface area contributed by atoms with Gasteiger partial charge in [0, 0.05) is 0 Å². The highest BCUT2D eigenvalue weighted by Crippen LogP contribution is 2.65. The Bertz CT molecular complexity index is 629. The number of fused-ring (bicyclic) bond motifs is 2. The highest BCUT2D eigenvalue weighted by Gasteiger charge is 2.56. The summed E-state index contributed by atoms with van der Waals surface area (Å²) >= 11 is 0. The lowest BCUT2D eigenvalue weighted by molar-refractivity contribution is -0.0654. The molecule has 0 aromatic rings. The van der Waals surface area contributed by atoms with E-state index in [-0.39, 0.29) is 0 Å². The van der Waals surface area contributed by atoms with Gasteiger partial charge < -0.3 is 5.11 Å². The standard InChI is InChI=1S/C31H58O/c1-23(13-10-17-27(3,4)32)25-16-22-30(8)19-11-14-26-28(5,6)24(2)15-21-29(26,7)18-12-20-31(25,30)9/h23-26,32H,10-22H2,1-9H3/t23-,24+,25-,26+,29+,30-,31-/m1/s1. The Balaban J connectivity index is 1.76. The molecule has 3 rings (SSSR count). The van der Waals surface area contributed by atoms with Crippen molar-refractivity contribution in [1.82, 2.24) is 0 Å². The van der Waals surface area contributed by atoms with Crippen molar-refractivity contribution in [1.29, 1.82) is 0 Å². The first-order valence-corrected chi connectivity index (χ1v) is 14.4. The second-order valence-corrected chi connectivity index (χ2v) is 15.0. The van der Waals surface area contributed by atoms with E-state index in [1.54, 1.807) is 0 Å². The summed E-state index contributed by atoms with van der Waals surface area (Å²) < 4.78 is 0. The van der Waals surface area contributed by atoms with E-state index in [0.29, 0.717) is 21.7 Å². The summed E-state index contributed by atoms with van der Waals surface area (Å²) in [7, 11) is 0. The number of rotatable bonds is 5. The molecule has 1 nitrogen and oxygen atoms in total. The van der Waals surface area contributed by atoms with E-state index in [0.717, 1.165) is 30.1 Å².